The molecule has 1 heterocycles. The summed E-state index contributed by atoms with van der Waals surface area (Å²) in [5.41, 5.74) is 5.12. The lowest BCUT2D eigenvalue weighted by molar-refractivity contribution is 0.0842. The van der Waals surface area contributed by atoms with E-state index in [1.807, 2.05) is 0 Å². The number of phenolic OH excluding ortho intramolecular Hbond substituents is 1. The van der Waals surface area contributed by atoms with Gasteiger partial charge in [0.1, 0.15) is 5.75 Å². The number of rotatable bonds is 3. The Bertz CT molecular complexity index is 988. The topological polar surface area (TPSA) is 96.3 Å². The van der Waals surface area contributed by atoms with E-state index in [4.69, 9.17) is 23.2 Å². The van der Waals surface area contributed by atoms with E-state index in [0.29, 0.717) is 10.7 Å². The maximum Gasteiger partial charge on any atom is 0.290 e. The lowest BCUT2D eigenvalue weighted by atomic mass is 10.2. The third-order valence-corrected chi connectivity index (χ3v) is 3.86. The van der Waals surface area contributed by atoms with Crippen LogP contribution in [-0.2, 0) is 0 Å². The Morgan fingerprint density at radius 3 is 2.46 bits per heavy atom. The summed E-state index contributed by atoms with van der Waals surface area (Å²) in [5, 5.41) is 14.6. The van der Waals surface area contributed by atoms with Gasteiger partial charge in [0.15, 0.2) is 5.69 Å². The molecule has 0 unspecified atom stereocenters. The highest BCUT2D eigenvalue weighted by atomic mass is 35.5. The molecule has 0 radical (unpaired) electrons. The van der Waals surface area contributed by atoms with Crippen molar-refractivity contribution in [2.45, 2.75) is 0 Å². The Kier molecular flexibility index (Phi) is 5.11. The highest BCUT2D eigenvalue weighted by Crippen LogP contribution is 2.21. The first-order valence-corrected chi connectivity index (χ1v) is 8.10. The number of benzene rings is 2. The average molecular weight is 391 g/mol. The highest BCUT2D eigenvalue weighted by molar-refractivity contribution is 6.31. The first-order chi connectivity index (χ1) is 12.4. The number of aromatic hydroxyl groups is 1. The quantitative estimate of drug-likeness (QED) is 0.598. The lowest BCUT2D eigenvalue weighted by Gasteiger charge is -2.08. The van der Waals surface area contributed by atoms with Crippen LogP contribution in [0.5, 0.6) is 5.75 Å². The number of nitrogens with zero attached hydrogens (tertiary/aromatic N) is 2. The molecule has 2 aromatic carbocycles. The summed E-state index contributed by atoms with van der Waals surface area (Å²) < 4.78 is 1.48. The summed E-state index contributed by atoms with van der Waals surface area (Å²) in [6.07, 6.45) is 1.59. The Morgan fingerprint density at radius 2 is 1.69 bits per heavy atom. The average Bonchev–Trinajstić information content (AvgIpc) is 3.11. The van der Waals surface area contributed by atoms with Gasteiger partial charge in [0, 0.05) is 16.2 Å². The molecule has 132 valence electrons. The molecule has 0 bridgehead atoms. The van der Waals surface area contributed by atoms with E-state index in [0.717, 1.165) is 0 Å². The largest absolute Gasteiger partial charge is 0.507 e. The van der Waals surface area contributed by atoms with Crippen molar-refractivity contribution < 1.29 is 14.7 Å². The van der Waals surface area contributed by atoms with Crippen LogP contribution < -0.4 is 10.9 Å². The maximum absolute atomic E-state index is 12.1. The zero-order chi connectivity index (χ0) is 18.7. The van der Waals surface area contributed by atoms with E-state index < -0.39 is 11.8 Å². The van der Waals surface area contributed by atoms with Crippen molar-refractivity contribution in [2.24, 2.45) is 0 Å². The summed E-state index contributed by atoms with van der Waals surface area (Å²) >= 11 is 11.7. The van der Waals surface area contributed by atoms with Crippen LogP contribution in [-0.4, -0.2) is 26.7 Å². The van der Waals surface area contributed by atoms with E-state index in [2.05, 4.69) is 16.0 Å². The third kappa shape index (κ3) is 3.96. The Morgan fingerprint density at radius 1 is 0.962 bits per heavy atom. The van der Waals surface area contributed by atoms with E-state index >= 15 is 0 Å². The molecule has 2 amide bonds. The number of hydrogen-bond acceptors (Lipinski definition) is 4. The van der Waals surface area contributed by atoms with E-state index in [1.165, 1.54) is 28.9 Å². The predicted octanol–water partition coefficient (Wildman–Crippen LogP) is 2.96. The Balaban J connectivity index is 1.67. The Labute approximate surface area is 158 Å². The fourth-order valence-corrected chi connectivity index (χ4v) is 2.50. The number of phenols is 1. The van der Waals surface area contributed by atoms with Crippen LogP contribution in [0.3, 0.4) is 0 Å². The van der Waals surface area contributed by atoms with E-state index in [9.17, 15) is 14.7 Å². The molecular weight excluding hydrogens is 379 g/mol. The van der Waals surface area contributed by atoms with Crippen molar-refractivity contribution in [1.82, 2.24) is 20.6 Å². The van der Waals surface area contributed by atoms with Gasteiger partial charge in [-0.05, 0) is 42.5 Å². The van der Waals surface area contributed by atoms with Crippen LogP contribution in [0.15, 0.2) is 54.7 Å². The second-order valence-electron chi connectivity index (χ2n) is 5.20. The second kappa shape index (κ2) is 7.47. The third-order valence-electron chi connectivity index (χ3n) is 3.39. The zero-order valence-corrected chi connectivity index (χ0v) is 14.6. The molecule has 0 aliphatic rings. The van der Waals surface area contributed by atoms with Gasteiger partial charge in [-0.15, -0.1) is 0 Å². The van der Waals surface area contributed by atoms with Crippen LogP contribution >= 0.6 is 23.2 Å². The molecule has 0 saturated carbocycles. The molecule has 3 aromatic rings. The molecule has 0 saturated heterocycles. The minimum Gasteiger partial charge on any atom is -0.507 e. The Hall–Kier alpha value is -3.03. The first kappa shape index (κ1) is 17.8. The fourth-order valence-electron chi connectivity index (χ4n) is 2.14. The number of aromatic nitrogens is 2. The van der Waals surface area contributed by atoms with Crippen molar-refractivity contribution in [3.05, 3.63) is 76.0 Å². The van der Waals surface area contributed by atoms with Crippen LogP contribution in [0, 0.1) is 0 Å². The van der Waals surface area contributed by atoms with Gasteiger partial charge in [-0.2, -0.15) is 5.10 Å². The number of carbonyl (C=O) groups is 2. The standard InChI is InChI=1S/C17H12Cl2N4O3/c18-10-2-1-3-12(8-10)23-7-6-14(22-23)17(26)21-20-16(25)13-9-11(19)4-5-15(13)24/h1-9,24H,(H,20,25)(H,21,26). The number of halogens is 2. The van der Waals surface area contributed by atoms with Crippen molar-refractivity contribution in [3.8, 4) is 11.4 Å². The molecule has 0 spiro atoms. The summed E-state index contributed by atoms with van der Waals surface area (Å²) in [4.78, 5) is 24.2. The molecule has 3 N–H and O–H groups in total. The molecule has 1 aromatic heterocycles. The second-order valence-corrected chi connectivity index (χ2v) is 6.07. The van der Waals surface area contributed by atoms with Gasteiger partial charge in [0.05, 0.1) is 11.3 Å². The van der Waals surface area contributed by atoms with Gasteiger partial charge in [-0.25, -0.2) is 4.68 Å². The van der Waals surface area contributed by atoms with E-state index in [-0.39, 0.29) is 22.0 Å². The number of amides is 2. The number of nitrogens with one attached hydrogen (secondary N) is 2. The maximum atomic E-state index is 12.1. The van der Waals surface area contributed by atoms with Crippen molar-refractivity contribution in [3.63, 3.8) is 0 Å². The normalized spacial score (nSPS) is 10.4. The fraction of sp³-hybridized carbons (Fsp3) is 0. The molecule has 0 aliphatic carbocycles. The summed E-state index contributed by atoms with van der Waals surface area (Å²) in [7, 11) is 0. The van der Waals surface area contributed by atoms with Gasteiger partial charge in [-0.1, -0.05) is 29.3 Å². The van der Waals surface area contributed by atoms with Gasteiger partial charge in [0.2, 0.25) is 0 Å². The lowest BCUT2D eigenvalue weighted by Crippen LogP contribution is -2.41. The molecule has 3 rings (SSSR count). The van der Waals surface area contributed by atoms with Gasteiger partial charge < -0.3 is 5.11 Å². The first-order valence-electron chi connectivity index (χ1n) is 7.35. The smallest absolute Gasteiger partial charge is 0.290 e. The minimum atomic E-state index is -0.715. The summed E-state index contributed by atoms with van der Waals surface area (Å²) in [5.74, 6) is -1.60. The van der Waals surface area contributed by atoms with Crippen LogP contribution in [0.25, 0.3) is 5.69 Å². The van der Waals surface area contributed by atoms with Gasteiger partial charge in [-0.3, -0.25) is 20.4 Å². The number of hydrazine groups is 1. The minimum absolute atomic E-state index is 0.0674. The molecule has 7 nitrogen and oxygen atoms in total. The molecule has 9 heteroatoms. The predicted molar refractivity (Wildman–Crippen MR) is 96.6 cm³/mol. The highest BCUT2D eigenvalue weighted by Gasteiger charge is 2.15. The van der Waals surface area contributed by atoms with Gasteiger partial charge >= 0.3 is 0 Å². The number of carbonyl (C=O) groups excluding carboxylic acids is 2. The molecular formula is C17H12Cl2N4O3. The van der Waals surface area contributed by atoms with Crippen LogP contribution in [0.4, 0.5) is 0 Å². The summed E-state index contributed by atoms with van der Waals surface area (Å²) in [6, 6.07) is 12.5. The van der Waals surface area contributed by atoms with Crippen molar-refractivity contribution in [2.75, 3.05) is 0 Å². The molecule has 26 heavy (non-hydrogen) atoms. The SMILES string of the molecule is O=C(NNC(=O)c1cc(Cl)ccc1O)c1ccn(-c2cccc(Cl)c2)n1. The zero-order valence-electron chi connectivity index (χ0n) is 13.1. The van der Waals surface area contributed by atoms with E-state index in [1.54, 1.807) is 30.5 Å². The van der Waals surface area contributed by atoms with Gasteiger partial charge in [0.25, 0.3) is 11.8 Å². The van der Waals surface area contributed by atoms with Crippen molar-refractivity contribution >= 4 is 35.0 Å². The van der Waals surface area contributed by atoms with Crippen LogP contribution in [0.2, 0.25) is 10.0 Å². The molecule has 0 atom stereocenters. The summed E-state index contributed by atoms with van der Waals surface area (Å²) in [6.45, 7) is 0. The molecule has 0 aliphatic heterocycles. The number of hydrogen-bond donors (Lipinski definition) is 3. The molecule has 0 fully saturated rings. The monoisotopic (exact) mass is 390 g/mol. The van der Waals surface area contributed by atoms with Crippen molar-refractivity contribution in [1.29, 1.82) is 0 Å². The van der Waals surface area contributed by atoms with Crippen LogP contribution in [0.1, 0.15) is 20.8 Å².